The molecule has 0 saturated heterocycles. The molecule has 1 aromatic heterocycles. The number of fused-ring (bicyclic) bond motifs is 1. The minimum absolute atomic E-state index is 0.182. The molecule has 0 aliphatic rings. The Bertz CT molecular complexity index is 1280. The number of anilines is 1. The highest BCUT2D eigenvalue weighted by Crippen LogP contribution is 2.21. The van der Waals surface area contributed by atoms with Crippen molar-refractivity contribution in [2.75, 3.05) is 5.32 Å². The van der Waals surface area contributed by atoms with Crippen LogP contribution in [0.4, 0.5) is 14.5 Å². The first-order chi connectivity index (χ1) is 14.4. The van der Waals surface area contributed by atoms with Crippen LogP contribution in [0, 0.1) is 11.6 Å². The van der Waals surface area contributed by atoms with Crippen LogP contribution >= 0.6 is 0 Å². The number of nitrogens with zero attached hydrogens (tertiary/aromatic N) is 2. The fraction of sp³-hybridized carbons (Fsp3) is 0.0455. The average Bonchev–Trinajstić information content (AvgIpc) is 3.07. The summed E-state index contributed by atoms with van der Waals surface area (Å²) in [6.07, 6.45) is 0. The Labute approximate surface area is 169 Å². The molecule has 3 aromatic carbocycles. The van der Waals surface area contributed by atoms with Crippen LogP contribution in [0.15, 0.2) is 66.7 Å². The molecule has 0 aliphatic heterocycles. The van der Waals surface area contributed by atoms with E-state index in [-0.39, 0.29) is 11.3 Å². The summed E-state index contributed by atoms with van der Waals surface area (Å²) < 4.78 is 28.5. The van der Waals surface area contributed by atoms with Gasteiger partial charge in [-0.3, -0.25) is 14.3 Å². The van der Waals surface area contributed by atoms with Crippen molar-refractivity contribution < 1.29 is 18.4 Å². The van der Waals surface area contributed by atoms with E-state index in [1.807, 2.05) is 18.2 Å². The maximum Gasteiger partial charge on any atom is 0.269 e. The Balaban J connectivity index is 1.59. The second kappa shape index (κ2) is 7.75. The van der Waals surface area contributed by atoms with Gasteiger partial charge in [-0.1, -0.05) is 30.3 Å². The van der Waals surface area contributed by atoms with Crippen LogP contribution in [0.1, 0.15) is 26.4 Å². The second-order valence-corrected chi connectivity index (χ2v) is 6.67. The fourth-order valence-electron chi connectivity index (χ4n) is 3.22. The largest absolute Gasteiger partial charge is 0.364 e. The Hall–Kier alpha value is -4.07. The van der Waals surface area contributed by atoms with Crippen LogP contribution in [0.3, 0.4) is 0 Å². The topological polar surface area (TPSA) is 90.0 Å². The van der Waals surface area contributed by atoms with Gasteiger partial charge in [0.05, 0.1) is 17.6 Å². The van der Waals surface area contributed by atoms with Gasteiger partial charge in [0.15, 0.2) is 5.69 Å². The molecular formula is C22H16F2N4O2. The van der Waals surface area contributed by atoms with E-state index in [1.54, 1.807) is 35.0 Å². The summed E-state index contributed by atoms with van der Waals surface area (Å²) in [5.41, 5.74) is 7.32. The van der Waals surface area contributed by atoms with Crippen molar-refractivity contribution >= 4 is 28.4 Å². The van der Waals surface area contributed by atoms with Crippen LogP contribution < -0.4 is 11.1 Å². The minimum atomic E-state index is -0.939. The van der Waals surface area contributed by atoms with Gasteiger partial charge < -0.3 is 11.1 Å². The first kappa shape index (κ1) is 19.3. The van der Waals surface area contributed by atoms with Crippen molar-refractivity contribution in [3.05, 3.63) is 95.2 Å². The lowest BCUT2D eigenvalue weighted by molar-refractivity contribution is 0.0993. The van der Waals surface area contributed by atoms with Crippen LogP contribution in [0.5, 0.6) is 0 Å². The first-order valence-electron chi connectivity index (χ1n) is 9.03. The zero-order valence-electron chi connectivity index (χ0n) is 15.6. The molecule has 0 saturated carbocycles. The van der Waals surface area contributed by atoms with Gasteiger partial charge in [0.25, 0.3) is 11.8 Å². The monoisotopic (exact) mass is 406 g/mol. The van der Waals surface area contributed by atoms with Gasteiger partial charge in [-0.05, 0) is 35.9 Å². The van der Waals surface area contributed by atoms with Crippen molar-refractivity contribution in [3.8, 4) is 0 Å². The van der Waals surface area contributed by atoms with Crippen molar-refractivity contribution in [2.45, 2.75) is 6.54 Å². The molecule has 150 valence electrons. The Morgan fingerprint density at radius 1 is 1.00 bits per heavy atom. The van der Waals surface area contributed by atoms with E-state index >= 15 is 0 Å². The molecular weight excluding hydrogens is 390 g/mol. The van der Waals surface area contributed by atoms with Crippen LogP contribution in [0.2, 0.25) is 0 Å². The summed E-state index contributed by atoms with van der Waals surface area (Å²) in [5.74, 6) is -3.00. The Kier molecular flexibility index (Phi) is 4.97. The number of primary amides is 1. The van der Waals surface area contributed by atoms with Gasteiger partial charge in [-0.2, -0.15) is 5.10 Å². The molecule has 0 unspecified atom stereocenters. The van der Waals surface area contributed by atoms with Gasteiger partial charge in [-0.15, -0.1) is 0 Å². The first-order valence-corrected chi connectivity index (χ1v) is 9.03. The molecule has 4 aromatic rings. The molecule has 0 atom stereocenters. The third-order valence-corrected chi connectivity index (χ3v) is 4.58. The van der Waals surface area contributed by atoms with Gasteiger partial charge >= 0.3 is 0 Å². The third-order valence-electron chi connectivity index (χ3n) is 4.58. The van der Waals surface area contributed by atoms with E-state index in [2.05, 4.69) is 10.4 Å². The average molecular weight is 406 g/mol. The SMILES string of the molecule is NC(=O)c1nn(Cc2cccc(NC(=O)c3ccc(F)cc3F)c2)c2ccccc12. The highest BCUT2D eigenvalue weighted by atomic mass is 19.1. The van der Waals surface area contributed by atoms with Gasteiger partial charge in [0.2, 0.25) is 0 Å². The standard InChI is InChI=1S/C22H16F2N4O2/c23-14-8-9-16(18(24)11-14)22(30)26-15-5-3-4-13(10-15)12-28-19-7-2-1-6-17(19)20(27-28)21(25)29/h1-11H,12H2,(H2,25,29)(H,26,30). The van der Waals surface area contributed by atoms with Crippen molar-refractivity contribution in [2.24, 2.45) is 5.73 Å². The third kappa shape index (κ3) is 3.75. The number of carbonyl (C=O) groups is 2. The van der Waals surface area contributed by atoms with Gasteiger partial charge in [-0.25, -0.2) is 8.78 Å². The smallest absolute Gasteiger partial charge is 0.269 e. The molecule has 2 amide bonds. The molecule has 4 rings (SSSR count). The van der Waals surface area contributed by atoms with E-state index in [0.29, 0.717) is 23.7 Å². The van der Waals surface area contributed by atoms with Crippen molar-refractivity contribution in [1.82, 2.24) is 9.78 Å². The van der Waals surface area contributed by atoms with Gasteiger partial charge in [0, 0.05) is 17.1 Å². The van der Waals surface area contributed by atoms with Crippen molar-refractivity contribution in [1.29, 1.82) is 0 Å². The second-order valence-electron chi connectivity index (χ2n) is 6.67. The summed E-state index contributed by atoms with van der Waals surface area (Å²) in [6.45, 7) is 0.322. The number of hydrogen-bond acceptors (Lipinski definition) is 3. The number of rotatable bonds is 5. The fourth-order valence-corrected chi connectivity index (χ4v) is 3.22. The summed E-state index contributed by atoms with van der Waals surface area (Å²) in [4.78, 5) is 24.0. The molecule has 0 bridgehead atoms. The lowest BCUT2D eigenvalue weighted by atomic mass is 10.1. The predicted molar refractivity (Wildman–Crippen MR) is 108 cm³/mol. The zero-order valence-corrected chi connectivity index (χ0v) is 15.6. The number of aromatic nitrogens is 2. The molecule has 8 heteroatoms. The molecule has 0 aliphatic carbocycles. The zero-order chi connectivity index (χ0) is 21.3. The quantitative estimate of drug-likeness (QED) is 0.529. The minimum Gasteiger partial charge on any atom is -0.364 e. The van der Waals surface area contributed by atoms with Crippen LogP contribution in [0.25, 0.3) is 10.9 Å². The molecule has 1 heterocycles. The highest BCUT2D eigenvalue weighted by molar-refractivity contribution is 6.05. The maximum absolute atomic E-state index is 13.8. The van der Waals surface area contributed by atoms with Crippen molar-refractivity contribution in [3.63, 3.8) is 0 Å². The normalized spacial score (nSPS) is 10.9. The molecule has 0 spiro atoms. The van der Waals surface area contributed by atoms with E-state index < -0.39 is 23.4 Å². The summed E-state index contributed by atoms with van der Waals surface area (Å²) in [5, 5.41) is 7.57. The summed E-state index contributed by atoms with van der Waals surface area (Å²) >= 11 is 0. The van der Waals surface area contributed by atoms with E-state index in [9.17, 15) is 18.4 Å². The highest BCUT2D eigenvalue weighted by Gasteiger charge is 2.15. The Morgan fingerprint density at radius 2 is 1.80 bits per heavy atom. The van der Waals surface area contributed by atoms with Gasteiger partial charge in [0.1, 0.15) is 11.6 Å². The lowest BCUT2D eigenvalue weighted by Gasteiger charge is -2.09. The molecule has 6 nitrogen and oxygen atoms in total. The number of nitrogens with two attached hydrogens (primary N) is 1. The summed E-state index contributed by atoms with van der Waals surface area (Å²) in [7, 11) is 0. The number of halogens is 2. The predicted octanol–water partition coefficient (Wildman–Crippen LogP) is 3.71. The number of para-hydroxylation sites is 1. The molecule has 3 N–H and O–H groups in total. The van der Waals surface area contributed by atoms with Crippen LogP contribution in [-0.2, 0) is 6.54 Å². The van der Waals surface area contributed by atoms with Crippen LogP contribution in [-0.4, -0.2) is 21.6 Å². The molecule has 0 radical (unpaired) electrons. The number of nitrogens with one attached hydrogen (secondary N) is 1. The summed E-state index contributed by atoms with van der Waals surface area (Å²) in [6, 6.07) is 16.9. The number of amides is 2. The molecule has 30 heavy (non-hydrogen) atoms. The van der Waals surface area contributed by atoms with E-state index in [1.165, 1.54) is 0 Å². The van der Waals surface area contributed by atoms with E-state index in [0.717, 1.165) is 23.2 Å². The molecule has 0 fully saturated rings. The van der Waals surface area contributed by atoms with E-state index in [4.69, 9.17) is 5.73 Å². The number of benzene rings is 3. The maximum atomic E-state index is 13.8. The number of carbonyl (C=O) groups excluding carboxylic acids is 2. The Morgan fingerprint density at radius 3 is 2.57 bits per heavy atom. The lowest BCUT2D eigenvalue weighted by Crippen LogP contribution is -2.14. The number of hydrogen-bond donors (Lipinski definition) is 2.